The van der Waals surface area contributed by atoms with Crippen LogP contribution in [0.3, 0.4) is 0 Å². The second-order valence-corrected chi connectivity index (χ2v) is 11.2. The summed E-state index contributed by atoms with van der Waals surface area (Å²) in [5, 5.41) is 10.0. The fourth-order valence-electron chi connectivity index (χ4n) is 7.49. The Morgan fingerprint density at radius 1 is 1.19 bits per heavy atom. The molecule has 3 heteroatoms. The van der Waals surface area contributed by atoms with Crippen molar-refractivity contribution in [3.63, 3.8) is 0 Å². The Bertz CT molecular complexity index is 506. The van der Waals surface area contributed by atoms with Gasteiger partial charge < -0.3 is 5.11 Å². The van der Waals surface area contributed by atoms with Crippen molar-refractivity contribution in [3.05, 3.63) is 11.6 Å². The second-order valence-electron chi connectivity index (χ2n) is 9.53. The van der Waals surface area contributed by atoms with Crippen LogP contribution in [0.1, 0.15) is 79.1 Å². The SMILES string of the molecule is CC.C[C@H](CSP)C1CCC2C3CC=C4CC(O)CCC4C3CCC21C. The number of aliphatic hydroxyl groups is 1. The molecule has 0 heterocycles. The Hall–Kier alpha value is 0.480. The topological polar surface area (TPSA) is 20.2 Å². The molecule has 0 spiro atoms. The summed E-state index contributed by atoms with van der Waals surface area (Å²) >= 11 is 1.96. The highest BCUT2D eigenvalue weighted by atomic mass is 32.7. The Morgan fingerprint density at radius 2 is 1.96 bits per heavy atom. The fourth-order valence-corrected chi connectivity index (χ4v) is 8.94. The molecule has 3 fully saturated rings. The number of rotatable bonds is 3. The maximum atomic E-state index is 10.0. The molecule has 4 aliphatic rings. The van der Waals surface area contributed by atoms with Crippen LogP contribution >= 0.6 is 19.8 Å². The van der Waals surface area contributed by atoms with E-state index in [9.17, 15) is 5.11 Å². The third-order valence-electron chi connectivity index (χ3n) is 8.54. The minimum atomic E-state index is -0.0565. The van der Waals surface area contributed by atoms with Crippen molar-refractivity contribution < 1.29 is 5.11 Å². The zero-order valence-electron chi connectivity index (χ0n) is 17.4. The molecular weight excluding hydrogens is 355 g/mol. The monoisotopic (exact) mass is 396 g/mol. The number of allylic oxidation sites excluding steroid dienone is 1. The van der Waals surface area contributed by atoms with Gasteiger partial charge in [-0.05, 0) is 98.0 Å². The Kier molecular flexibility index (Phi) is 7.23. The maximum Gasteiger partial charge on any atom is 0.0577 e. The van der Waals surface area contributed by atoms with Gasteiger partial charge in [-0.15, -0.1) is 11.4 Å². The molecule has 0 radical (unpaired) electrons. The van der Waals surface area contributed by atoms with Gasteiger partial charge in [0, 0.05) is 0 Å². The van der Waals surface area contributed by atoms with Crippen LogP contribution in [0.25, 0.3) is 0 Å². The van der Waals surface area contributed by atoms with Crippen LogP contribution in [0.15, 0.2) is 11.6 Å². The molecule has 1 nitrogen and oxygen atoms in total. The Balaban J connectivity index is 0.000000948. The first-order chi connectivity index (χ1) is 12.5. The summed E-state index contributed by atoms with van der Waals surface area (Å²) in [6.07, 6.45) is 12.9. The highest BCUT2D eigenvalue weighted by Gasteiger charge is 2.56. The van der Waals surface area contributed by atoms with Crippen molar-refractivity contribution in [1.29, 1.82) is 0 Å². The summed E-state index contributed by atoms with van der Waals surface area (Å²) in [6, 6.07) is 0. The third-order valence-corrected chi connectivity index (χ3v) is 9.84. The molecule has 26 heavy (non-hydrogen) atoms. The van der Waals surface area contributed by atoms with Crippen molar-refractivity contribution in [1.82, 2.24) is 0 Å². The van der Waals surface area contributed by atoms with E-state index in [2.05, 4.69) is 28.4 Å². The van der Waals surface area contributed by atoms with Gasteiger partial charge in [0.15, 0.2) is 0 Å². The molecule has 4 rings (SSSR count). The van der Waals surface area contributed by atoms with E-state index in [4.69, 9.17) is 0 Å². The summed E-state index contributed by atoms with van der Waals surface area (Å²) in [5.41, 5.74) is 2.22. The first-order valence-electron chi connectivity index (χ1n) is 11.2. The lowest BCUT2D eigenvalue weighted by molar-refractivity contribution is -0.0264. The van der Waals surface area contributed by atoms with Gasteiger partial charge in [0.25, 0.3) is 0 Å². The standard InChI is InChI=1S/C21H35OPS.C2H6/c1-13(12-24-23)19-7-8-20-18-5-3-14-11-15(22)4-6-16(14)17(18)9-10-21(19,20)2;1-2/h3,13,15-20,22H,4-12,23H2,1-2H3;1-2H3/t13-,15?,16?,17?,18?,19?,20?,21?;/m1./s1. The number of aliphatic hydroxyl groups excluding tert-OH is 1. The van der Waals surface area contributed by atoms with Gasteiger partial charge in [-0.2, -0.15) is 0 Å². The van der Waals surface area contributed by atoms with E-state index in [1.165, 1.54) is 44.3 Å². The van der Waals surface area contributed by atoms with E-state index in [-0.39, 0.29) is 6.10 Å². The van der Waals surface area contributed by atoms with Gasteiger partial charge in [0.05, 0.1) is 6.10 Å². The Labute approximate surface area is 168 Å². The molecule has 0 aliphatic heterocycles. The molecule has 0 aromatic rings. The largest absolute Gasteiger partial charge is 0.393 e. The molecule has 0 saturated heterocycles. The normalized spacial score (nSPS) is 45.4. The van der Waals surface area contributed by atoms with Crippen molar-refractivity contribution in [2.75, 3.05) is 5.75 Å². The van der Waals surface area contributed by atoms with E-state index >= 15 is 0 Å². The molecule has 3 saturated carbocycles. The summed E-state index contributed by atoms with van der Waals surface area (Å²) in [6.45, 7) is 9.15. The summed E-state index contributed by atoms with van der Waals surface area (Å²) in [4.78, 5) is 0. The molecule has 9 atom stereocenters. The second kappa shape index (κ2) is 8.87. The minimum absolute atomic E-state index is 0.0565. The van der Waals surface area contributed by atoms with Crippen molar-refractivity contribution in [2.45, 2.75) is 85.2 Å². The molecule has 0 amide bonds. The lowest BCUT2D eigenvalue weighted by Gasteiger charge is -2.54. The predicted molar refractivity (Wildman–Crippen MR) is 119 cm³/mol. The highest BCUT2D eigenvalue weighted by Crippen LogP contribution is 2.64. The molecular formula is C23H41OPS. The summed E-state index contributed by atoms with van der Waals surface area (Å²) in [5.74, 6) is 6.75. The smallest absolute Gasteiger partial charge is 0.0577 e. The lowest BCUT2D eigenvalue weighted by Crippen LogP contribution is -2.47. The van der Waals surface area contributed by atoms with Gasteiger partial charge in [-0.1, -0.05) is 47.8 Å². The first kappa shape index (κ1) is 21.2. The van der Waals surface area contributed by atoms with Crippen LogP contribution in [-0.4, -0.2) is 17.0 Å². The summed E-state index contributed by atoms with van der Waals surface area (Å²) < 4.78 is 0. The maximum absolute atomic E-state index is 10.0. The van der Waals surface area contributed by atoms with E-state index in [1.807, 2.05) is 25.2 Å². The average Bonchev–Trinajstić information content (AvgIpc) is 3.00. The molecule has 150 valence electrons. The highest BCUT2D eigenvalue weighted by molar-refractivity contribution is 8.43. The third kappa shape index (κ3) is 3.69. The molecule has 0 bridgehead atoms. The number of hydrogen-bond acceptors (Lipinski definition) is 2. The zero-order chi connectivity index (χ0) is 18.9. The van der Waals surface area contributed by atoms with Crippen molar-refractivity contribution >= 4 is 19.8 Å². The van der Waals surface area contributed by atoms with Crippen LogP contribution in [0.4, 0.5) is 0 Å². The van der Waals surface area contributed by atoms with E-state index in [0.717, 1.165) is 48.3 Å². The minimum Gasteiger partial charge on any atom is -0.393 e. The first-order valence-corrected chi connectivity index (χ1v) is 13.7. The molecule has 0 aromatic carbocycles. The van der Waals surface area contributed by atoms with Crippen molar-refractivity contribution in [3.8, 4) is 0 Å². The Morgan fingerprint density at radius 3 is 2.69 bits per heavy atom. The predicted octanol–water partition coefficient (Wildman–Crippen LogP) is 6.72. The van der Waals surface area contributed by atoms with Crippen LogP contribution in [0.2, 0.25) is 0 Å². The van der Waals surface area contributed by atoms with Crippen LogP contribution in [0.5, 0.6) is 0 Å². The van der Waals surface area contributed by atoms with Gasteiger partial charge in [0.1, 0.15) is 0 Å². The van der Waals surface area contributed by atoms with E-state index in [0.29, 0.717) is 5.41 Å². The van der Waals surface area contributed by atoms with Crippen LogP contribution in [0, 0.1) is 40.9 Å². The zero-order valence-corrected chi connectivity index (χ0v) is 19.4. The van der Waals surface area contributed by atoms with Crippen LogP contribution < -0.4 is 0 Å². The molecule has 8 unspecified atom stereocenters. The van der Waals surface area contributed by atoms with Gasteiger partial charge in [-0.3, -0.25) is 0 Å². The summed E-state index contributed by atoms with van der Waals surface area (Å²) in [7, 11) is 2.86. The van der Waals surface area contributed by atoms with Crippen molar-refractivity contribution in [2.24, 2.45) is 40.9 Å². The average molecular weight is 397 g/mol. The molecule has 1 N–H and O–H groups in total. The quantitative estimate of drug-likeness (QED) is 0.422. The lowest BCUT2D eigenvalue weighted by atomic mass is 9.51. The number of hydrogen-bond donors (Lipinski definition) is 1. The van der Waals surface area contributed by atoms with Crippen LogP contribution in [-0.2, 0) is 0 Å². The number of fused-ring (bicyclic) bond motifs is 5. The van der Waals surface area contributed by atoms with E-state index < -0.39 is 0 Å². The fraction of sp³-hybridized carbons (Fsp3) is 0.913. The molecule has 0 aromatic heterocycles. The van der Waals surface area contributed by atoms with Gasteiger partial charge in [0.2, 0.25) is 0 Å². The van der Waals surface area contributed by atoms with Gasteiger partial charge >= 0.3 is 0 Å². The molecule has 4 aliphatic carbocycles. The van der Waals surface area contributed by atoms with Gasteiger partial charge in [-0.25, -0.2) is 0 Å². The van der Waals surface area contributed by atoms with E-state index in [1.54, 1.807) is 5.57 Å².